The van der Waals surface area contributed by atoms with Gasteiger partial charge in [0.05, 0.1) is 11.4 Å². The molecule has 31 heavy (non-hydrogen) atoms. The first-order valence-electron chi connectivity index (χ1n) is 10.1. The summed E-state index contributed by atoms with van der Waals surface area (Å²) < 4.78 is 31.1. The van der Waals surface area contributed by atoms with E-state index in [1.807, 2.05) is 24.3 Å². The Morgan fingerprint density at radius 3 is 2.52 bits per heavy atom. The van der Waals surface area contributed by atoms with Crippen LogP contribution in [0.4, 0.5) is 5.69 Å². The topological polar surface area (TPSA) is 85.5 Å². The number of benzene rings is 2. The standard InChI is InChI=1S/C23H24N4O3S/c1-3-17(2)19-10-12-21(13-11-19)31(29,30)25-20-8-6-7-18(15-20)16-27-23(28)26-14-5-4-9-22(26)24-27/h4-15,17,25H,3,16H2,1-2H3. The molecule has 2 heterocycles. The van der Waals surface area contributed by atoms with Crippen molar-refractivity contribution in [1.82, 2.24) is 14.2 Å². The van der Waals surface area contributed by atoms with E-state index in [9.17, 15) is 13.2 Å². The summed E-state index contributed by atoms with van der Waals surface area (Å²) >= 11 is 0. The number of anilines is 1. The zero-order valence-corrected chi connectivity index (χ0v) is 18.2. The molecule has 0 saturated heterocycles. The van der Waals surface area contributed by atoms with Crippen molar-refractivity contribution in [3.05, 3.63) is 94.5 Å². The SMILES string of the molecule is CCC(C)c1ccc(S(=O)(=O)Nc2cccc(Cn3nc4ccccn4c3=O)c2)cc1. The summed E-state index contributed by atoms with van der Waals surface area (Å²) in [5.41, 5.74) is 2.62. The van der Waals surface area contributed by atoms with Gasteiger partial charge in [-0.05, 0) is 59.9 Å². The fraction of sp³-hybridized carbons (Fsp3) is 0.217. The van der Waals surface area contributed by atoms with Crippen molar-refractivity contribution in [2.45, 2.75) is 37.6 Å². The Balaban J connectivity index is 1.55. The van der Waals surface area contributed by atoms with E-state index in [1.165, 1.54) is 9.08 Å². The summed E-state index contributed by atoms with van der Waals surface area (Å²) in [4.78, 5) is 12.7. The fourth-order valence-electron chi connectivity index (χ4n) is 3.40. The molecule has 0 aliphatic rings. The number of nitrogens with one attached hydrogen (secondary N) is 1. The second kappa shape index (κ2) is 8.39. The second-order valence-electron chi connectivity index (χ2n) is 7.55. The largest absolute Gasteiger partial charge is 0.350 e. The minimum atomic E-state index is -3.72. The van der Waals surface area contributed by atoms with Gasteiger partial charge in [-0.3, -0.25) is 9.12 Å². The lowest BCUT2D eigenvalue weighted by Crippen LogP contribution is -2.21. The van der Waals surface area contributed by atoms with E-state index in [2.05, 4.69) is 23.7 Å². The Kier molecular flexibility index (Phi) is 5.65. The summed E-state index contributed by atoms with van der Waals surface area (Å²) in [6, 6.07) is 19.3. The molecule has 0 bridgehead atoms. The van der Waals surface area contributed by atoms with Crippen molar-refractivity contribution < 1.29 is 8.42 Å². The molecule has 1 N–H and O–H groups in total. The molecule has 0 radical (unpaired) electrons. The zero-order valence-electron chi connectivity index (χ0n) is 17.4. The van der Waals surface area contributed by atoms with Gasteiger partial charge in [0.25, 0.3) is 10.0 Å². The number of aromatic nitrogens is 3. The number of fused-ring (bicyclic) bond motifs is 1. The van der Waals surface area contributed by atoms with E-state index in [0.717, 1.165) is 17.5 Å². The quantitative estimate of drug-likeness (QED) is 0.477. The highest BCUT2D eigenvalue weighted by atomic mass is 32.2. The maximum atomic E-state index is 12.8. The van der Waals surface area contributed by atoms with E-state index in [4.69, 9.17) is 0 Å². The number of nitrogens with zero attached hydrogens (tertiary/aromatic N) is 3. The van der Waals surface area contributed by atoms with E-state index < -0.39 is 10.0 Å². The average Bonchev–Trinajstić information content (AvgIpc) is 3.08. The van der Waals surface area contributed by atoms with Crippen LogP contribution in [0.5, 0.6) is 0 Å². The Hall–Kier alpha value is -3.39. The van der Waals surface area contributed by atoms with Crippen molar-refractivity contribution in [3.8, 4) is 0 Å². The van der Waals surface area contributed by atoms with Crippen LogP contribution in [0.15, 0.2) is 82.6 Å². The molecule has 0 saturated carbocycles. The maximum Gasteiger partial charge on any atom is 0.350 e. The smallest absolute Gasteiger partial charge is 0.280 e. The fourth-order valence-corrected chi connectivity index (χ4v) is 4.45. The Labute approximate surface area is 181 Å². The van der Waals surface area contributed by atoms with Crippen LogP contribution in [0.3, 0.4) is 0 Å². The second-order valence-corrected chi connectivity index (χ2v) is 9.24. The third-order valence-electron chi connectivity index (χ3n) is 5.37. The molecule has 0 fully saturated rings. The van der Waals surface area contributed by atoms with Crippen LogP contribution in [0.25, 0.3) is 5.65 Å². The normalized spacial score (nSPS) is 12.7. The molecule has 0 spiro atoms. The lowest BCUT2D eigenvalue weighted by molar-refractivity contribution is 0.601. The Bertz CT molecular complexity index is 1370. The van der Waals surface area contributed by atoms with Gasteiger partial charge in [0, 0.05) is 11.9 Å². The first-order valence-corrected chi connectivity index (χ1v) is 11.6. The van der Waals surface area contributed by atoms with Gasteiger partial charge in [-0.15, -0.1) is 5.10 Å². The van der Waals surface area contributed by atoms with Crippen LogP contribution in [0.2, 0.25) is 0 Å². The predicted molar refractivity (Wildman–Crippen MR) is 121 cm³/mol. The molecule has 0 aliphatic carbocycles. The van der Waals surface area contributed by atoms with Gasteiger partial charge in [-0.25, -0.2) is 17.9 Å². The maximum absolute atomic E-state index is 12.8. The summed E-state index contributed by atoms with van der Waals surface area (Å²) in [7, 11) is -3.72. The van der Waals surface area contributed by atoms with Crippen molar-refractivity contribution in [3.63, 3.8) is 0 Å². The van der Waals surface area contributed by atoms with Crippen LogP contribution in [-0.2, 0) is 16.6 Å². The molecule has 0 amide bonds. The number of rotatable bonds is 7. The molecule has 2 aromatic carbocycles. The number of pyridine rings is 1. The lowest BCUT2D eigenvalue weighted by atomic mass is 9.99. The Morgan fingerprint density at radius 1 is 1.03 bits per heavy atom. The summed E-state index contributed by atoms with van der Waals surface area (Å²) in [6.07, 6.45) is 2.66. The average molecular weight is 437 g/mol. The van der Waals surface area contributed by atoms with Gasteiger partial charge >= 0.3 is 5.69 Å². The monoisotopic (exact) mass is 436 g/mol. The van der Waals surface area contributed by atoms with Crippen LogP contribution < -0.4 is 10.4 Å². The first-order chi connectivity index (χ1) is 14.9. The third-order valence-corrected chi connectivity index (χ3v) is 6.77. The van der Waals surface area contributed by atoms with Crippen LogP contribution >= 0.6 is 0 Å². The third kappa shape index (κ3) is 4.39. The summed E-state index contributed by atoms with van der Waals surface area (Å²) in [5.74, 6) is 0.379. The number of hydrogen-bond acceptors (Lipinski definition) is 4. The molecule has 1 unspecified atom stereocenters. The Morgan fingerprint density at radius 2 is 1.81 bits per heavy atom. The molecule has 1 atom stereocenters. The number of sulfonamides is 1. The van der Waals surface area contributed by atoms with Gasteiger partial charge in [-0.1, -0.05) is 44.2 Å². The van der Waals surface area contributed by atoms with Crippen molar-refractivity contribution >= 4 is 21.4 Å². The van der Waals surface area contributed by atoms with Crippen LogP contribution in [-0.4, -0.2) is 22.6 Å². The van der Waals surface area contributed by atoms with Crippen LogP contribution in [0, 0.1) is 0 Å². The highest BCUT2D eigenvalue weighted by Gasteiger charge is 2.15. The lowest BCUT2D eigenvalue weighted by Gasteiger charge is -2.12. The van der Waals surface area contributed by atoms with E-state index in [0.29, 0.717) is 17.3 Å². The van der Waals surface area contributed by atoms with Crippen molar-refractivity contribution in [2.24, 2.45) is 0 Å². The van der Waals surface area contributed by atoms with Crippen molar-refractivity contribution in [2.75, 3.05) is 4.72 Å². The van der Waals surface area contributed by atoms with Gasteiger partial charge in [0.1, 0.15) is 0 Å². The summed E-state index contributed by atoms with van der Waals surface area (Å²) in [5, 5.41) is 4.32. The minimum absolute atomic E-state index is 0.210. The minimum Gasteiger partial charge on any atom is -0.280 e. The molecule has 2 aromatic heterocycles. The zero-order chi connectivity index (χ0) is 22.0. The molecular formula is C23H24N4O3S. The van der Waals surface area contributed by atoms with Gasteiger partial charge in [0.2, 0.25) is 0 Å². The van der Waals surface area contributed by atoms with E-state index >= 15 is 0 Å². The molecular weight excluding hydrogens is 412 g/mol. The first kappa shape index (κ1) is 20.9. The van der Waals surface area contributed by atoms with Gasteiger partial charge in [-0.2, -0.15) is 0 Å². The van der Waals surface area contributed by atoms with Gasteiger partial charge in [0.15, 0.2) is 5.65 Å². The van der Waals surface area contributed by atoms with Crippen LogP contribution in [0.1, 0.15) is 37.3 Å². The highest BCUT2D eigenvalue weighted by molar-refractivity contribution is 7.92. The highest BCUT2D eigenvalue weighted by Crippen LogP contribution is 2.22. The predicted octanol–water partition coefficient (Wildman–Crippen LogP) is 3.86. The van der Waals surface area contributed by atoms with Crippen molar-refractivity contribution in [1.29, 1.82) is 0 Å². The van der Waals surface area contributed by atoms with Gasteiger partial charge < -0.3 is 0 Å². The molecule has 7 nitrogen and oxygen atoms in total. The number of hydrogen-bond donors (Lipinski definition) is 1. The van der Waals surface area contributed by atoms with E-state index in [1.54, 1.807) is 48.7 Å². The molecule has 4 rings (SSSR count). The van der Waals surface area contributed by atoms with E-state index in [-0.39, 0.29) is 17.1 Å². The molecule has 160 valence electrons. The molecule has 0 aliphatic heterocycles. The molecule has 4 aromatic rings. The summed E-state index contributed by atoms with van der Waals surface area (Å²) in [6.45, 7) is 4.45. The molecule has 8 heteroatoms.